The van der Waals surface area contributed by atoms with Crippen molar-refractivity contribution in [2.75, 3.05) is 36.4 Å². The Morgan fingerprint density at radius 3 is 2.36 bits per heavy atom. The lowest BCUT2D eigenvalue weighted by Gasteiger charge is -2.28. The van der Waals surface area contributed by atoms with Gasteiger partial charge in [0.15, 0.2) is 11.5 Å². The van der Waals surface area contributed by atoms with E-state index in [0.717, 1.165) is 15.5 Å². The van der Waals surface area contributed by atoms with E-state index < -0.39 is 22.0 Å². The van der Waals surface area contributed by atoms with Crippen molar-refractivity contribution in [3.8, 4) is 11.5 Å². The number of carbonyl (C=O) groups is 1. The number of hydrogen-bond donors (Lipinski definition) is 1. The summed E-state index contributed by atoms with van der Waals surface area (Å²) in [6.45, 7) is 1.53. The molecule has 0 aliphatic carbocycles. The standard InChI is InChI=1S/C19H24N2O5S2/c1-13(19(22)20-14-7-6-8-16(11-14)27-4)21(28(5,23)24)15-9-10-17(25-2)18(12-15)26-3/h6-13H,1-5H3,(H,20,22). The third-order valence-electron chi connectivity index (χ3n) is 4.05. The van der Waals surface area contributed by atoms with E-state index >= 15 is 0 Å². The average Bonchev–Trinajstić information content (AvgIpc) is 2.66. The van der Waals surface area contributed by atoms with Crippen LogP contribution in [0.1, 0.15) is 6.92 Å². The number of sulfonamides is 1. The molecular formula is C19H24N2O5S2. The maximum atomic E-state index is 12.8. The molecule has 0 aromatic heterocycles. The summed E-state index contributed by atoms with van der Waals surface area (Å²) in [4.78, 5) is 13.8. The molecule has 0 aliphatic rings. The normalized spacial score (nSPS) is 12.2. The molecule has 2 aromatic rings. The molecule has 1 atom stereocenters. The fourth-order valence-corrected chi connectivity index (χ4v) is 4.34. The Bertz CT molecular complexity index is 947. The van der Waals surface area contributed by atoms with Crippen molar-refractivity contribution in [1.29, 1.82) is 0 Å². The number of ether oxygens (including phenoxy) is 2. The van der Waals surface area contributed by atoms with Crippen molar-refractivity contribution in [3.05, 3.63) is 42.5 Å². The monoisotopic (exact) mass is 424 g/mol. The molecule has 28 heavy (non-hydrogen) atoms. The van der Waals surface area contributed by atoms with Crippen LogP contribution in [-0.2, 0) is 14.8 Å². The molecule has 2 rings (SSSR count). The van der Waals surface area contributed by atoms with Gasteiger partial charge in [0.1, 0.15) is 6.04 Å². The van der Waals surface area contributed by atoms with E-state index in [9.17, 15) is 13.2 Å². The molecule has 1 amide bonds. The van der Waals surface area contributed by atoms with Gasteiger partial charge in [0, 0.05) is 16.6 Å². The van der Waals surface area contributed by atoms with Gasteiger partial charge in [-0.05, 0) is 43.5 Å². The van der Waals surface area contributed by atoms with Crippen molar-refractivity contribution in [3.63, 3.8) is 0 Å². The molecule has 0 heterocycles. The fraction of sp³-hybridized carbons (Fsp3) is 0.316. The van der Waals surface area contributed by atoms with Crippen LogP contribution < -0.4 is 19.1 Å². The van der Waals surface area contributed by atoms with E-state index in [1.807, 2.05) is 24.5 Å². The van der Waals surface area contributed by atoms with Crippen molar-refractivity contribution in [1.82, 2.24) is 0 Å². The number of amides is 1. The van der Waals surface area contributed by atoms with Crippen LogP contribution in [0, 0.1) is 0 Å². The van der Waals surface area contributed by atoms with Crippen LogP contribution in [0.25, 0.3) is 0 Å². The Morgan fingerprint density at radius 2 is 1.79 bits per heavy atom. The molecule has 0 saturated carbocycles. The summed E-state index contributed by atoms with van der Waals surface area (Å²) in [6.07, 6.45) is 2.99. The molecular weight excluding hydrogens is 400 g/mol. The summed E-state index contributed by atoms with van der Waals surface area (Å²) in [6, 6.07) is 11.1. The van der Waals surface area contributed by atoms with Crippen LogP contribution in [0.5, 0.6) is 11.5 Å². The van der Waals surface area contributed by atoms with Crippen molar-refractivity contribution >= 4 is 39.1 Å². The van der Waals surface area contributed by atoms with E-state index in [-0.39, 0.29) is 0 Å². The van der Waals surface area contributed by atoms with Gasteiger partial charge in [-0.25, -0.2) is 8.42 Å². The number of rotatable bonds is 8. The van der Waals surface area contributed by atoms with Gasteiger partial charge in [0.2, 0.25) is 15.9 Å². The largest absolute Gasteiger partial charge is 0.493 e. The van der Waals surface area contributed by atoms with Crippen LogP contribution >= 0.6 is 11.8 Å². The second kappa shape index (κ2) is 9.20. The minimum absolute atomic E-state index is 0.306. The molecule has 0 aliphatic heterocycles. The highest BCUT2D eigenvalue weighted by atomic mass is 32.2. The van der Waals surface area contributed by atoms with Crippen molar-refractivity contribution in [2.45, 2.75) is 17.9 Å². The number of nitrogens with one attached hydrogen (secondary N) is 1. The number of anilines is 2. The van der Waals surface area contributed by atoms with Gasteiger partial charge in [0.25, 0.3) is 0 Å². The van der Waals surface area contributed by atoms with E-state index in [1.54, 1.807) is 30.0 Å². The fourth-order valence-electron chi connectivity index (χ4n) is 2.72. The SMILES string of the molecule is COc1ccc(N(C(C)C(=O)Nc2cccc(SC)c2)S(C)(=O)=O)cc1OC. The molecule has 0 radical (unpaired) electrons. The van der Waals surface area contributed by atoms with E-state index in [0.29, 0.717) is 22.9 Å². The second-order valence-corrected chi connectivity index (χ2v) is 8.73. The second-order valence-electron chi connectivity index (χ2n) is 6.00. The van der Waals surface area contributed by atoms with Gasteiger partial charge < -0.3 is 14.8 Å². The first-order chi connectivity index (χ1) is 13.2. The molecule has 1 unspecified atom stereocenters. The van der Waals surface area contributed by atoms with Crippen LogP contribution in [0.4, 0.5) is 11.4 Å². The van der Waals surface area contributed by atoms with Gasteiger partial charge in [-0.2, -0.15) is 0 Å². The smallest absolute Gasteiger partial charge is 0.247 e. The summed E-state index contributed by atoms with van der Waals surface area (Å²) in [5.74, 6) is 0.387. The van der Waals surface area contributed by atoms with Gasteiger partial charge in [-0.3, -0.25) is 9.10 Å². The first-order valence-corrected chi connectivity index (χ1v) is 11.4. The quantitative estimate of drug-likeness (QED) is 0.655. The van der Waals surface area contributed by atoms with Gasteiger partial charge in [-0.1, -0.05) is 6.07 Å². The molecule has 0 saturated heterocycles. The number of methoxy groups -OCH3 is 2. The lowest BCUT2D eigenvalue weighted by molar-refractivity contribution is -0.116. The highest BCUT2D eigenvalue weighted by Crippen LogP contribution is 2.33. The Balaban J connectivity index is 2.36. The lowest BCUT2D eigenvalue weighted by atomic mass is 10.2. The Hall–Kier alpha value is -2.39. The average molecular weight is 425 g/mol. The van der Waals surface area contributed by atoms with Crippen LogP contribution in [0.3, 0.4) is 0 Å². The molecule has 0 spiro atoms. The predicted molar refractivity (Wildman–Crippen MR) is 113 cm³/mol. The third kappa shape index (κ3) is 5.11. The van der Waals surface area contributed by atoms with Crippen LogP contribution in [-0.4, -0.2) is 47.1 Å². The molecule has 2 aromatic carbocycles. The Kier molecular flexibility index (Phi) is 7.20. The summed E-state index contributed by atoms with van der Waals surface area (Å²) in [7, 11) is -0.790. The van der Waals surface area contributed by atoms with Crippen molar-refractivity contribution in [2.24, 2.45) is 0 Å². The topological polar surface area (TPSA) is 84.9 Å². The molecule has 0 fully saturated rings. The number of carbonyl (C=O) groups excluding carboxylic acids is 1. The molecule has 7 nitrogen and oxygen atoms in total. The highest BCUT2D eigenvalue weighted by Gasteiger charge is 2.30. The number of hydrogen-bond acceptors (Lipinski definition) is 6. The first-order valence-electron chi connectivity index (χ1n) is 8.37. The number of thioether (sulfide) groups is 1. The zero-order valence-electron chi connectivity index (χ0n) is 16.4. The minimum Gasteiger partial charge on any atom is -0.493 e. The summed E-state index contributed by atoms with van der Waals surface area (Å²) in [5.41, 5.74) is 0.908. The predicted octanol–water partition coefficient (Wildman–Crippen LogP) is 3.22. The van der Waals surface area contributed by atoms with E-state index in [4.69, 9.17) is 9.47 Å². The number of benzene rings is 2. The minimum atomic E-state index is -3.74. The summed E-state index contributed by atoms with van der Waals surface area (Å²) in [5, 5.41) is 2.78. The van der Waals surface area contributed by atoms with Gasteiger partial charge in [-0.15, -0.1) is 11.8 Å². The highest BCUT2D eigenvalue weighted by molar-refractivity contribution is 7.98. The first kappa shape index (κ1) is 21.9. The third-order valence-corrected chi connectivity index (χ3v) is 6.01. The molecule has 9 heteroatoms. The van der Waals surface area contributed by atoms with Crippen LogP contribution in [0.2, 0.25) is 0 Å². The summed E-state index contributed by atoms with van der Waals surface area (Å²) >= 11 is 1.55. The van der Waals surface area contributed by atoms with Gasteiger partial charge >= 0.3 is 0 Å². The van der Waals surface area contributed by atoms with Crippen molar-refractivity contribution < 1.29 is 22.7 Å². The number of nitrogens with zero attached hydrogens (tertiary/aromatic N) is 1. The lowest BCUT2D eigenvalue weighted by Crippen LogP contribution is -2.45. The van der Waals surface area contributed by atoms with E-state index in [2.05, 4.69) is 5.32 Å². The maximum absolute atomic E-state index is 12.8. The zero-order chi connectivity index (χ0) is 20.9. The van der Waals surface area contributed by atoms with E-state index in [1.165, 1.54) is 27.2 Å². The molecule has 0 bridgehead atoms. The zero-order valence-corrected chi connectivity index (χ0v) is 18.1. The molecule has 152 valence electrons. The van der Waals surface area contributed by atoms with Gasteiger partial charge in [0.05, 0.1) is 26.2 Å². The summed E-state index contributed by atoms with van der Waals surface area (Å²) < 4.78 is 36.4. The maximum Gasteiger partial charge on any atom is 0.247 e. The van der Waals surface area contributed by atoms with Crippen LogP contribution in [0.15, 0.2) is 47.4 Å². The molecule has 1 N–H and O–H groups in total. The Labute approximate surface area is 170 Å². The Morgan fingerprint density at radius 1 is 1.11 bits per heavy atom.